The molecule has 0 aliphatic carbocycles. The quantitative estimate of drug-likeness (QED) is 0.894. The monoisotopic (exact) mass is 275 g/mol. The molecule has 1 aliphatic heterocycles. The normalized spacial score (nSPS) is 15.6. The largest absolute Gasteiger partial charge is 0.388 e. The molecule has 2 rings (SSSR count). The number of hydrogen-bond donors (Lipinski definition) is 1. The number of hydrogen-bond acceptors (Lipinski definition) is 2. The maximum atomic E-state index is 12.4. The van der Waals surface area contributed by atoms with Crippen LogP contribution in [0.2, 0.25) is 0 Å². The van der Waals surface area contributed by atoms with Gasteiger partial charge >= 0.3 is 0 Å². The highest BCUT2D eigenvalue weighted by Gasteiger charge is 2.27. The fourth-order valence-electron chi connectivity index (χ4n) is 2.91. The molecule has 0 saturated heterocycles. The van der Waals surface area contributed by atoms with Gasteiger partial charge in [0.15, 0.2) is 0 Å². The predicted molar refractivity (Wildman–Crippen MR) is 80.0 cm³/mol. The molecule has 1 amide bonds. The molecular weight excluding hydrogens is 250 g/mol. The highest BCUT2D eigenvalue weighted by atomic mass is 16.3. The van der Waals surface area contributed by atoms with Gasteiger partial charge in [0, 0.05) is 19.0 Å². The lowest BCUT2D eigenvalue weighted by atomic mass is 10.0. The van der Waals surface area contributed by atoms with Crippen LogP contribution in [0.1, 0.15) is 62.8 Å². The maximum absolute atomic E-state index is 12.4. The van der Waals surface area contributed by atoms with Crippen LogP contribution in [-0.2, 0) is 17.9 Å². The average Bonchev–Trinajstić information content (AvgIpc) is 2.90. The molecule has 0 radical (unpaired) electrons. The van der Waals surface area contributed by atoms with Crippen LogP contribution < -0.4 is 0 Å². The van der Waals surface area contributed by atoms with Gasteiger partial charge in [0.25, 0.3) is 0 Å². The lowest BCUT2D eigenvalue weighted by Gasteiger charge is -2.21. The van der Waals surface area contributed by atoms with Crippen molar-refractivity contribution in [3.05, 3.63) is 34.9 Å². The summed E-state index contributed by atoms with van der Waals surface area (Å²) in [6.07, 6.45) is 2.13. The van der Waals surface area contributed by atoms with Crippen molar-refractivity contribution in [1.82, 2.24) is 4.90 Å². The second kappa shape index (κ2) is 6.40. The van der Waals surface area contributed by atoms with E-state index in [1.54, 1.807) is 0 Å². The summed E-state index contributed by atoms with van der Waals surface area (Å²) in [6.45, 7) is 7.53. The van der Waals surface area contributed by atoms with E-state index in [9.17, 15) is 9.90 Å². The average molecular weight is 275 g/mol. The van der Waals surface area contributed by atoms with Crippen LogP contribution in [0.5, 0.6) is 0 Å². The summed E-state index contributed by atoms with van der Waals surface area (Å²) < 4.78 is 0. The molecule has 20 heavy (non-hydrogen) atoms. The Morgan fingerprint density at radius 3 is 2.40 bits per heavy atom. The SMILES string of the molecule is CCC(CC)C(=O)N1Cc2ccc(C(O)CC)cc2C1. The van der Waals surface area contributed by atoms with Crippen LogP contribution in [0, 0.1) is 5.92 Å². The molecule has 0 fully saturated rings. The molecule has 110 valence electrons. The third kappa shape index (κ3) is 2.88. The van der Waals surface area contributed by atoms with Crippen molar-refractivity contribution < 1.29 is 9.90 Å². The first-order valence-electron chi connectivity index (χ1n) is 7.69. The van der Waals surface area contributed by atoms with Crippen LogP contribution in [0.15, 0.2) is 18.2 Å². The number of carbonyl (C=O) groups excluding carboxylic acids is 1. The van der Waals surface area contributed by atoms with E-state index in [0.29, 0.717) is 13.1 Å². The molecule has 3 heteroatoms. The van der Waals surface area contributed by atoms with Crippen LogP contribution in [-0.4, -0.2) is 15.9 Å². The van der Waals surface area contributed by atoms with Crippen molar-refractivity contribution in [3.63, 3.8) is 0 Å². The number of amides is 1. The van der Waals surface area contributed by atoms with Crippen LogP contribution in [0.4, 0.5) is 0 Å². The second-order valence-corrected chi connectivity index (χ2v) is 5.66. The fraction of sp³-hybridized carbons (Fsp3) is 0.588. The Hall–Kier alpha value is -1.35. The Morgan fingerprint density at radius 1 is 1.15 bits per heavy atom. The molecule has 1 aromatic carbocycles. The summed E-state index contributed by atoms with van der Waals surface area (Å²) in [5.74, 6) is 0.411. The fourth-order valence-corrected chi connectivity index (χ4v) is 2.91. The Balaban J connectivity index is 2.13. The second-order valence-electron chi connectivity index (χ2n) is 5.66. The van der Waals surface area contributed by atoms with Crippen molar-refractivity contribution in [3.8, 4) is 0 Å². The van der Waals surface area contributed by atoms with Crippen molar-refractivity contribution >= 4 is 5.91 Å². The van der Waals surface area contributed by atoms with E-state index in [4.69, 9.17) is 0 Å². The molecule has 0 aromatic heterocycles. The molecule has 1 N–H and O–H groups in total. The maximum Gasteiger partial charge on any atom is 0.226 e. The summed E-state index contributed by atoms with van der Waals surface area (Å²) in [5, 5.41) is 9.92. The van der Waals surface area contributed by atoms with Crippen LogP contribution >= 0.6 is 0 Å². The third-order valence-corrected chi connectivity index (χ3v) is 4.37. The lowest BCUT2D eigenvalue weighted by Crippen LogP contribution is -2.31. The standard InChI is InChI=1S/C17H25NO2/c1-4-12(5-2)17(20)18-10-14-8-7-13(16(19)6-3)9-15(14)11-18/h7-9,12,16,19H,4-6,10-11H2,1-3H3. The minimum absolute atomic E-state index is 0.144. The highest BCUT2D eigenvalue weighted by molar-refractivity contribution is 5.79. The van der Waals surface area contributed by atoms with Gasteiger partial charge in [0.05, 0.1) is 6.10 Å². The molecule has 1 heterocycles. The topological polar surface area (TPSA) is 40.5 Å². The first-order chi connectivity index (χ1) is 9.60. The Kier molecular flexibility index (Phi) is 4.81. The minimum atomic E-state index is -0.399. The van der Waals surface area contributed by atoms with E-state index < -0.39 is 6.10 Å². The number of carbonyl (C=O) groups is 1. The number of aliphatic hydroxyl groups excluding tert-OH is 1. The van der Waals surface area contributed by atoms with Crippen molar-refractivity contribution in [2.24, 2.45) is 5.92 Å². The zero-order valence-corrected chi connectivity index (χ0v) is 12.7. The summed E-state index contributed by atoms with van der Waals surface area (Å²) in [5.41, 5.74) is 3.37. The predicted octanol–water partition coefficient (Wildman–Crippen LogP) is 3.41. The molecule has 1 unspecified atom stereocenters. The first-order valence-corrected chi connectivity index (χ1v) is 7.69. The number of nitrogens with zero attached hydrogens (tertiary/aromatic N) is 1. The zero-order chi connectivity index (χ0) is 14.7. The smallest absolute Gasteiger partial charge is 0.226 e. The molecule has 1 aliphatic rings. The van der Waals surface area contributed by atoms with Gasteiger partial charge in [0.2, 0.25) is 5.91 Å². The molecule has 3 nitrogen and oxygen atoms in total. The van der Waals surface area contributed by atoms with Gasteiger partial charge in [-0.05, 0) is 36.0 Å². The molecule has 0 saturated carbocycles. The van der Waals surface area contributed by atoms with Crippen molar-refractivity contribution in [1.29, 1.82) is 0 Å². The molecule has 1 aromatic rings. The molecule has 1 atom stereocenters. The van der Waals surface area contributed by atoms with Gasteiger partial charge in [-0.3, -0.25) is 4.79 Å². The van der Waals surface area contributed by atoms with Gasteiger partial charge in [0.1, 0.15) is 0 Å². The van der Waals surface area contributed by atoms with E-state index in [2.05, 4.69) is 26.0 Å². The van der Waals surface area contributed by atoms with Gasteiger partial charge in [-0.25, -0.2) is 0 Å². The Bertz CT molecular complexity index is 480. The third-order valence-electron chi connectivity index (χ3n) is 4.37. The van der Waals surface area contributed by atoms with Crippen LogP contribution in [0.25, 0.3) is 0 Å². The van der Waals surface area contributed by atoms with Crippen molar-refractivity contribution in [2.75, 3.05) is 0 Å². The lowest BCUT2D eigenvalue weighted by molar-refractivity contribution is -0.136. The molecule has 0 bridgehead atoms. The van der Waals surface area contributed by atoms with E-state index >= 15 is 0 Å². The summed E-state index contributed by atoms with van der Waals surface area (Å²) in [6, 6.07) is 6.10. The van der Waals surface area contributed by atoms with Gasteiger partial charge < -0.3 is 10.0 Å². The number of benzene rings is 1. The molecular formula is C17H25NO2. The van der Waals surface area contributed by atoms with Gasteiger partial charge in [-0.15, -0.1) is 0 Å². The van der Waals surface area contributed by atoms with Gasteiger partial charge in [-0.1, -0.05) is 39.0 Å². The zero-order valence-electron chi connectivity index (χ0n) is 12.7. The van der Waals surface area contributed by atoms with E-state index in [-0.39, 0.29) is 11.8 Å². The van der Waals surface area contributed by atoms with E-state index in [1.807, 2.05) is 17.9 Å². The summed E-state index contributed by atoms with van der Waals surface area (Å²) in [4.78, 5) is 14.4. The van der Waals surface area contributed by atoms with Gasteiger partial charge in [-0.2, -0.15) is 0 Å². The van der Waals surface area contributed by atoms with Crippen molar-refractivity contribution in [2.45, 2.75) is 59.2 Å². The number of rotatable bonds is 5. The first kappa shape index (κ1) is 15.0. The number of aliphatic hydroxyl groups is 1. The Morgan fingerprint density at radius 2 is 1.80 bits per heavy atom. The minimum Gasteiger partial charge on any atom is -0.388 e. The highest BCUT2D eigenvalue weighted by Crippen LogP contribution is 2.28. The molecule has 0 spiro atoms. The van der Waals surface area contributed by atoms with E-state index in [1.165, 1.54) is 11.1 Å². The van der Waals surface area contributed by atoms with Crippen LogP contribution in [0.3, 0.4) is 0 Å². The van der Waals surface area contributed by atoms with E-state index in [0.717, 1.165) is 24.8 Å². The Labute approximate surface area is 121 Å². The number of fused-ring (bicyclic) bond motifs is 1. The summed E-state index contributed by atoms with van der Waals surface area (Å²) >= 11 is 0. The summed E-state index contributed by atoms with van der Waals surface area (Å²) in [7, 11) is 0.